The van der Waals surface area contributed by atoms with Crippen LogP contribution in [0.15, 0.2) is 42.6 Å². The number of halogens is 1. The van der Waals surface area contributed by atoms with Crippen LogP contribution in [0, 0.1) is 12.7 Å². The maximum Gasteiger partial charge on any atom is 0.137 e. The first-order chi connectivity index (χ1) is 11.2. The Kier molecular flexibility index (Phi) is 3.50. The molecule has 23 heavy (non-hydrogen) atoms. The van der Waals surface area contributed by atoms with Gasteiger partial charge in [-0.05, 0) is 43.3 Å². The minimum atomic E-state index is -0.232. The van der Waals surface area contributed by atoms with Crippen molar-refractivity contribution in [1.29, 1.82) is 0 Å². The number of morpholine rings is 1. The van der Waals surface area contributed by atoms with E-state index in [-0.39, 0.29) is 5.82 Å². The van der Waals surface area contributed by atoms with Gasteiger partial charge in [0.1, 0.15) is 11.5 Å². The Bertz CT molecular complexity index is 835. The molecule has 0 saturated carbocycles. The van der Waals surface area contributed by atoms with Gasteiger partial charge in [0.2, 0.25) is 0 Å². The van der Waals surface area contributed by atoms with E-state index in [9.17, 15) is 4.39 Å². The zero-order valence-corrected chi connectivity index (χ0v) is 13.0. The quantitative estimate of drug-likeness (QED) is 0.727. The van der Waals surface area contributed by atoms with Gasteiger partial charge in [0.15, 0.2) is 0 Å². The summed E-state index contributed by atoms with van der Waals surface area (Å²) in [5.74, 6) is -0.232. The monoisotopic (exact) mass is 311 g/mol. The predicted octanol–water partition coefficient (Wildman–Crippen LogP) is 3.29. The number of imidazole rings is 1. The van der Waals surface area contributed by atoms with Gasteiger partial charge in [-0.25, -0.2) is 9.37 Å². The first-order valence-corrected chi connectivity index (χ1v) is 7.80. The second-order valence-electron chi connectivity index (χ2n) is 5.77. The van der Waals surface area contributed by atoms with E-state index in [1.54, 1.807) is 12.1 Å². The first kappa shape index (κ1) is 14.2. The number of benzene rings is 1. The molecule has 1 aliphatic heterocycles. The molecule has 0 bridgehead atoms. The van der Waals surface area contributed by atoms with Gasteiger partial charge in [0, 0.05) is 30.5 Å². The highest BCUT2D eigenvalue weighted by Crippen LogP contribution is 2.26. The molecule has 0 N–H and O–H groups in total. The van der Waals surface area contributed by atoms with Gasteiger partial charge in [0.25, 0.3) is 0 Å². The fourth-order valence-corrected chi connectivity index (χ4v) is 3.04. The van der Waals surface area contributed by atoms with E-state index in [4.69, 9.17) is 9.72 Å². The van der Waals surface area contributed by atoms with Crippen LogP contribution in [0.1, 0.15) is 5.69 Å². The van der Waals surface area contributed by atoms with Crippen LogP contribution in [-0.4, -0.2) is 35.7 Å². The fourth-order valence-electron chi connectivity index (χ4n) is 3.04. The Hall–Kier alpha value is -2.40. The lowest BCUT2D eigenvalue weighted by molar-refractivity contribution is 0.122. The lowest BCUT2D eigenvalue weighted by atomic mass is 10.1. The second kappa shape index (κ2) is 5.66. The van der Waals surface area contributed by atoms with Crippen LogP contribution in [0.4, 0.5) is 10.1 Å². The SMILES string of the molecule is Cc1c(-c2ccc(F)cc2)nc2ccc(N3CCOCC3)cn12. The molecule has 0 amide bonds. The van der Waals surface area contributed by atoms with E-state index in [1.807, 2.05) is 13.0 Å². The van der Waals surface area contributed by atoms with Crippen LogP contribution in [0.2, 0.25) is 0 Å². The van der Waals surface area contributed by atoms with Crippen LogP contribution in [-0.2, 0) is 4.74 Å². The van der Waals surface area contributed by atoms with E-state index in [2.05, 4.69) is 21.6 Å². The van der Waals surface area contributed by atoms with E-state index in [0.29, 0.717) is 0 Å². The highest BCUT2D eigenvalue weighted by Gasteiger charge is 2.15. The standard InChI is InChI=1S/C18H18FN3O/c1-13-18(14-2-4-15(19)5-3-14)20-17-7-6-16(12-22(13)17)21-8-10-23-11-9-21/h2-7,12H,8-11H2,1H3. The maximum absolute atomic E-state index is 13.1. The van der Waals surface area contributed by atoms with Gasteiger partial charge in [-0.15, -0.1) is 0 Å². The summed E-state index contributed by atoms with van der Waals surface area (Å²) in [7, 11) is 0. The number of ether oxygens (including phenoxy) is 1. The van der Waals surface area contributed by atoms with Gasteiger partial charge in [-0.1, -0.05) is 0 Å². The smallest absolute Gasteiger partial charge is 0.137 e. The van der Waals surface area contributed by atoms with Crippen molar-refractivity contribution in [3.05, 3.63) is 54.1 Å². The molecule has 1 aromatic carbocycles. The molecule has 3 aromatic rings. The lowest BCUT2D eigenvalue weighted by Crippen LogP contribution is -2.36. The third kappa shape index (κ3) is 2.57. The Morgan fingerprint density at radius 1 is 1.04 bits per heavy atom. The zero-order valence-electron chi connectivity index (χ0n) is 13.0. The summed E-state index contributed by atoms with van der Waals surface area (Å²) in [6, 6.07) is 10.6. The van der Waals surface area contributed by atoms with E-state index >= 15 is 0 Å². The summed E-state index contributed by atoms with van der Waals surface area (Å²) in [6.45, 7) is 5.39. The molecule has 1 aliphatic rings. The molecule has 118 valence electrons. The van der Waals surface area contributed by atoms with Crippen molar-refractivity contribution in [2.75, 3.05) is 31.2 Å². The Labute approximate surface area is 134 Å². The second-order valence-corrected chi connectivity index (χ2v) is 5.77. The van der Waals surface area contributed by atoms with Crippen LogP contribution >= 0.6 is 0 Å². The topological polar surface area (TPSA) is 29.8 Å². The molecule has 5 heteroatoms. The predicted molar refractivity (Wildman–Crippen MR) is 88.4 cm³/mol. The summed E-state index contributed by atoms with van der Waals surface area (Å²) in [6.07, 6.45) is 2.12. The molecule has 0 aliphatic carbocycles. The molecule has 4 nitrogen and oxygen atoms in total. The van der Waals surface area contributed by atoms with Crippen molar-refractivity contribution >= 4 is 11.3 Å². The normalized spacial score (nSPS) is 15.3. The zero-order chi connectivity index (χ0) is 15.8. The van der Waals surface area contributed by atoms with Crippen molar-refractivity contribution in [1.82, 2.24) is 9.38 Å². The van der Waals surface area contributed by atoms with Gasteiger partial charge in [-0.2, -0.15) is 0 Å². The van der Waals surface area contributed by atoms with Crippen LogP contribution in [0.25, 0.3) is 16.9 Å². The van der Waals surface area contributed by atoms with E-state index in [1.165, 1.54) is 17.8 Å². The molecule has 2 aromatic heterocycles. The highest BCUT2D eigenvalue weighted by molar-refractivity contribution is 5.67. The van der Waals surface area contributed by atoms with Crippen molar-refractivity contribution in [2.45, 2.75) is 6.92 Å². The number of nitrogens with zero attached hydrogens (tertiary/aromatic N) is 3. The summed E-state index contributed by atoms with van der Waals surface area (Å²) < 4.78 is 20.6. The largest absolute Gasteiger partial charge is 0.378 e. The van der Waals surface area contributed by atoms with Gasteiger partial charge in [0.05, 0.1) is 24.6 Å². The van der Waals surface area contributed by atoms with E-state index in [0.717, 1.165) is 48.9 Å². The average Bonchev–Trinajstić information content (AvgIpc) is 2.93. The maximum atomic E-state index is 13.1. The highest BCUT2D eigenvalue weighted by atomic mass is 19.1. The average molecular weight is 311 g/mol. The van der Waals surface area contributed by atoms with Crippen molar-refractivity contribution < 1.29 is 9.13 Å². The van der Waals surface area contributed by atoms with Crippen molar-refractivity contribution in [3.63, 3.8) is 0 Å². The van der Waals surface area contributed by atoms with Crippen molar-refractivity contribution in [3.8, 4) is 11.3 Å². The Morgan fingerprint density at radius 2 is 1.78 bits per heavy atom. The number of hydrogen-bond acceptors (Lipinski definition) is 3. The minimum absolute atomic E-state index is 0.232. The Morgan fingerprint density at radius 3 is 2.52 bits per heavy atom. The summed E-state index contributed by atoms with van der Waals surface area (Å²) in [4.78, 5) is 7.02. The molecule has 0 spiro atoms. The van der Waals surface area contributed by atoms with Crippen LogP contribution < -0.4 is 4.90 Å². The number of fused-ring (bicyclic) bond motifs is 1. The number of aromatic nitrogens is 2. The third-order valence-electron chi connectivity index (χ3n) is 4.34. The number of hydrogen-bond donors (Lipinski definition) is 0. The molecular formula is C18H18FN3O. The van der Waals surface area contributed by atoms with Crippen LogP contribution in [0.5, 0.6) is 0 Å². The Balaban J connectivity index is 1.76. The molecule has 1 saturated heterocycles. The molecule has 0 unspecified atom stereocenters. The molecule has 0 radical (unpaired) electrons. The molecule has 1 fully saturated rings. The van der Waals surface area contributed by atoms with Crippen molar-refractivity contribution in [2.24, 2.45) is 0 Å². The fraction of sp³-hybridized carbons (Fsp3) is 0.278. The van der Waals surface area contributed by atoms with Crippen LogP contribution in [0.3, 0.4) is 0 Å². The number of pyridine rings is 1. The van der Waals surface area contributed by atoms with E-state index < -0.39 is 0 Å². The molecule has 0 atom stereocenters. The summed E-state index contributed by atoms with van der Waals surface area (Å²) >= 11 is 0. The number of anilines is 1. The lowest BCUT2D eigenvalue weighted by Gasteiger charge is -2.28. The third-order valence-corrected chi connectivity index (χ3v) is 4.34. The summed E-state index contributed by atoms with van der Waals surface area (Å²) in [5, 5.41) is 0. The van der Waals surface area contributed by atoms with Gasteiger partial charge < -0.3 is 14.0 Å². The number of rotatable bonds is 2. The molecule has 3 heterocycles. The summed E-state index contributed by atoms with van der Waals surface area (Å²) in [5.41, 5.74) is 4.96. The number of aryl methyl sites for hydroxylation is 1. The van der Waals surface area contributed by atoms with Gasteiger partial charge >= 0.3 is 0 Å². The van der Waals surface area contributed by atoms with Gasteiger partial charge in [-0.3, -0.25) is 0 Å². The minimum Gasteiger partial charge on any atom is -0.378 e. The molecular weight excluding hydrogens is 293 g/mol. The molecule has 4 rings (SSSR count). The first-order valence-electron chi connectivity index (χ1n) is 7.80.